The van der Waals surface area contributed by atoms with Gasteiger partial charge in [-0.25, -0.2) is 12.8 Å². The van der Waals surface area contributed by atoms with E-state index in [0.717, 1.165) is 23.4 Å². The summed E-state index contributed by atoms with van der Waals surface area (Å²) in [6.07, 6.45) is 2.73. The third kappa shape index (κ3) is 8.35. The van der Waals surface area contributed by atoms with Gasteiger partial charge >= 0.3 is 0 Å². The van der Waals surface area contributed by atoms with E-state index in [4.69, 9.17) is 23.2 Å². The molecule has 0 aliphatic heterocycles. The van der Waals surface area contributed by atoms with Gasteiger partial charge in [-0.3, -0.25) is 13.9 Å². The molecule has 0 fully saturated rings. The van der Waals surface area contributed by atoms with Crippen molar-refractivity contribution in [2.24, 2.45) is 0 Å². The first-order valence-electron chi connectivity index (χ1n) is 11.7. The summed E-state index contributed by atoms with van der Waals surface area (Å²) in [4.78, 5) is 27.4. The molecule has 0 saturated carbocycles. The second-order valence-corrected chi connectivity index (χ2v) is 11.2. The lowest BCUT2D eigenvalue weighted by atomic mass is 10.1. The quantitative estimate of drug-likeness (QED) is 0.349. The summed E-state index contributed by atoms with van der Waals surface area (Å²) in [7, 11) is -3.79. The summed E-state index contributed by atoms with van der Waals surface area (Å²) < 4.78 is 39.8. The molecular formula is C25H32Cl2FN3O4S. The molecular weight excluding hydrogens is 528 g/mol. The Morgan fingerprint density at radius 1 is 1.06 bits per heavy atom. The lowest BCUT2D eigenvalue weighted by molar-refractivity contribution is -0.140. The van der Waals surface area contributed by atoms with Crippen LogP contribution >= 0.6 is 23.2 Å². The summed E-state index contributed by atoms with van der Waals surface area (Å²) in [6, 6.07) is 9.71. The van der Waals surface area contributed by atoms with Gasteiger partial charge < -0.3 is 10.2 Å². The predicted octanol–water partition coefficient (Wildman–Crippen LogP) is 5.01. The number of amides is 2. The van der Waals surface area contributed by atoms with Crippen LogP contribution in [0, 0.1) is 5.82 Å². The van der Waals surface area contributed by atoms with E-state index < -0.39 is 21.9 Å². The number of benzene rings is 2. The highest BCUT2D eigenvalue weighted by Gasteiger charge is 2.28. The van der Waals surface area contributed by atoms with Crippen LogP contribution < -0.4 is 9.62 Å². The Balaban J connectivity index is 2.21. The van der Waals surface area contributed by atoms with Crippen LogP contribution in [0.5, 0.6) is 0 Å². The molecule has 0 aromatic heterocycles. The van der Waals surface area contributed by atoms with E-state index in [9.17, 15) is 22.4 Å². The van der Waals surface area contributed by atoms with Crippen LogP contribution in [-0.4, -0.2) is 50.5 Å². The molecule has 0 heterocycles. The van der Waals surface area contributed by atoms with Gasteiger partial charge in [0.2, 0.25) is 21.8 Å². The van der Waals surface area contributed by atoms with Crippen LogP contribution in [0.1, 0.15) is 45.1 Å². The van der Waals surface area contributed by atoms with Crippen LogP contribution in [0.15, 0.2) is 42.5 Å². The number of nitrogens with zero attached hydrogens (tertiary/aromatic N) is 2. The van der Waals surface area contributed by atoms with E-state index in [2.05, 4.69) is 5.32 Å². The summed E-state index contributed by atoms with van der Waals surface area (Å²) >= 11 is 12.6. The van der Waals surface area contributed by atoms with E-state index in [-0.39, 0.29) is 43.4 Å². The van der Waals surface area contributed by atoms with Gasteiger partial charge in [0.25, 0.3) is 0 Å². The number of hydrogen-bond acceptors (Lipinski definition) is 4. The Kier molecular flexibility index (Phi) is 11.5. The van der Waals surface area contributed by atoms with Crippen molar-refractivity contribution in [1.29, 1.82) is 0 Å². The third-order valence-corrected chi connectivity index (χ3v) is 7.55. The number of rotatable bonds is 13. The minimum absolute atomic E-state index is 0.00279. The average molecular weight is 561 g/mol. The van der Waals surface area contributed by atoms with Crippen molar-refractivity contribution in [1.82, 2.24) is 10.2 Å². The fourth-order valence-electron chi connectivity index (χ4n) is 3.61. The van der Waals surface area contributed by atoms with Crippen molar-refractivity contribution in [3.63, 3.8) is 0 Å². The standard InChI is InChI=1S/C25H32Cl2FN3O4S/c1-4-5-15-29-25(33)18(2)30(17-19-20(26)10-8-11-21(19)27)24(32)14-9-16-31(36(3,34)35)23-13-7-6-12-22(23)28/h6-8,10-13,18H,4-5,9,14-17H2,1-3H3,(H,29,33)/t18-/m0/s1. The summed E-state index contributed by atoms with van der Waals surface area (Å²) in [5.41, 5.74) is 0.419. The van der Waals surface area contributed by atoms with E-state index in [1.807, 2.05) is 6.92 Å². The minimum atomic E-state index is -3.79. The Morgan fingerprint density at radius 2 is 1.69 bits per heavy atom. The number of unbranched alkanes of at least 4 members (excludes halogenated alkanes) is 1. The Labute approximate surface area is 222 Å². The van der Waals surface area contributed by atoms with Gasteiger partial charge in [-0.15, -0.1) is 0 Å². The molecule has 2 rings (SSSR count). The second kappa shape index (κ2) is 13.8. The number of carbonyl (C=O) groups is 2. The van der Waals surface area contributed by atoms with Crippen molar-refractivity contribution in [2.45, 2.75) is 52.1 Å². The number of hydrogen-bond donors (Lipinski definition) is 1. The summed E-state index contributed by atoms with van der Waals surface area (Å²) in [5, 5.41) is 3.55. The SMILES string of the molecule is CCCCNC(=O)[C@H](C)N(Cc1c(Cl)cccc1Cl)C(=O)CCCN(c1ccccc1F)S(C)(=O)=O. The number of para-hydroxylation sites is 1. The zero-order valence-electron chi connectivity index (χ0n) is 20.6. The first kappa shape index (κ1) is 29.9. The number of nitrogens with one attached hydrogen (secondary N) is 1. The topological polar surface area (TPSA) is 86.8 Å². The molecule has 2 aromatic rings. The zero-order chi connectivity index (χ0) is 26.9. The van der Waals surface area contributed by atoms with E-state index in [1.165, 1.54) is 29.2 Å². The molecule has 2 amide bonds. The van der Waals surface area contributed by atoms with Crippen LogP contribution in [0.25, 0.3) is 0 Å². The van der Waals surface area contributed by atoms with Gasteiger partial charge in [0.1, 0.15) is 11.9 Å². The largest absolute Gasteiger partial charge is 0.354 e. The molecule has 1 atom stereocenters. The van der Waals surface area contributed by atoms with Crippen molar-refractivity contribution in [3.05, 3.63) is 63.9 Å². The molecule has 0 spiro atoms. The molecule has 0 aliphatic rings. The van der Waals surface area contributed by atoms with Gasteiger partial charge in [-0.1, -0.05) is 54.7 Å². The van der Waals surface area contributed by atoms with Crippen LogP contribution in [-0.2, 0) is 26.2 Å². The average Bonchev–Trinajstić information content (AvgIpc) is 2.81. The predicted molar refractivity (Wildman–Crippen MR) is 142 cm³/mol. The van der Waals surface area contributed by atoms with Crippen LogP contribution in [0.3, 0.4) is 0 Å². The van der Waals surface area contributed by atoms with Gasteiger partial charge in [0.05, 0.1) is 11.9 Å². The second-order valence-electron chi connectivity index (χ2n) is 8.43. The van der Waals surface area contributed by atoms with Crippen molar-refractivity contribution in [3.8, 4) is 0 Å². The normalized spacial score (nSPS) is 12.2. The highest BCUT2D eigenvalue weighted by molar-refractivity contribution is 7.92. The Morgan fingerprint density at radius 3 is 2.28 bits per heavy atom. The Hall–Kier alpha value is -2.36. The lowest BCUT2D eigenvalue weighted by Gasteiger charge is -2.30. The van der Waals surface area contributed by atoms with Gasteiger partial charge in [-0.2, -0.15) is 0 Å². The van der Waals surface area contributed by atoms with E-state index >= 15 is 0 Å². The maximum atomic E-state index is 14.3. The molecule has 1 N–H and O–H groups in total. The lowest BCUT2D eigenvalue weighted by Crippen LogP contribution is -2.48. The smallest absolute Gasteiger partial charge is 0.242 e. The molecule has 198 valence electrons. The molecule has 0 unspecified atom stereocenters. The molecule has 0 saturated heterocycles. The van der Waals surface area contributed by atoms with Gasteiger partial charge in [0.15, 0.2) is 0 Å². The van der Waals surface area contributed by atoms with Crippen molar-refractivity contribution in [2.75, 3.05) is 23.7 Å². The number of anilines is 1. The fraction of sp³-hybridized carbons (Fsp3) is 0.440. The Bertz CT molecular complexity index is 1140. The molecule has 0 aliphatic carbocycles. The molecule has 0 radical (unpaired) electrons. The summed E-state index contributed by atoms with van der Waals surface area (Å²) in [6.45, 7) is 4.00. The number of sulfonamides is 1. The number of halogens is 3. The van der Waals surface area contributed by atoms with Crippen molar-refractivity contribution >= 4 is 50.7 Å². The first-order valence-corrected chi connectivity index (χ1v) is 14.3. The first-order chi connectivity index (χ1) is 17.0. The maximum absolute atomic E-state index is 14.3. The molecule has 2 aromatic carbocycles. The summed E-state index contributed by atoms with van der Waals surface area (Å²) in [5.74, 6) is -1.38. The molecule has 11 heteroatoms. The molecule has 36 heavy (non-hydrogen) atoms. The van der Waals surface area contributed by atoms with Crippen LogP contribution in [0.2, 0.25) is 10.0 Å². The highest BCUT2D eigenvalue weighted by atomic mass is 35.5. The van der Waals surface area contributed by atoms with Gasteiger partial charge in [-0.05, 0) is 44.0 Å². The van der Waals surface area contributed by atoms with Gasteiger partial charge in [0, 0.05) is 41.7 Å². The minimum Gasteiger partial charge on any atom is -0.354 e. The highest BCUT2D eigenvalue weighted by Crippen LogP contribution is 2.27. The molecule has 0 bridgehead atoms. The zero-order valence-corrected chi connectivity index (χ0v) is 23.0. The third-order valence-electron chi connectivity index (χ3n) is 5.66. The number of carbonyl (C=O) groups excluding carboxylic acids is 2. The van der Waals surface area contributed by atoms with Crippen LogP contribution in [0.4, 0.5) is 10.1 Å². The molecule has 7 nitrogen and oxygen atoms in total. The van der Waals surface area contributed by atoms with E-state index in [0.29, 0.717) is 22.2 Å². The van der Waals surface area contributed by atoms with E-state index in [1.54, 1.807) is 25.1 Å². The fourth-order valence-corrected chi connectivity index (χ4v) is 5.09. The monoisotopic (exact) mass is 559 g/mol. The maximum Gasteiger partial charge on any atom is 0.242 e. The van der Waals surface area contributed by atoms with Crippen molar-refractivity contribution < 1.29 is 22.4 Å².